The number of hydrogen-bond donors (Lipinski definition) is 1. The van der Waals surface area contributed by atoms with Gasteiger partial charge >= 0.3 is 5.97 Å². The molecule has 0 unspecified atom stereocenters. The third kappa shape index (κ3) is 5.59. The average molecular weight is 464 g/mol. The molecule has 2 aliphatic rings. The molecule has 2 aromatic rings. The number of carbonyl (C=O) groups is 2. The van der Waals surface area contributed by atoms with Gasteiger partial charge in [-0.25, -0.2) is 0 Å². The zero-order valence-electron chi connectivity index (χ0n) is 20.4. The quantitative estimate of drug-likeness (QED) is 0.447. The molecule has 1 aliphatic heterocycles. The van der Waals surface area contributed by atoms with Crippen molar-refractivity contribution < 1.29 is 19.1 Å². The summed E-state index contributed by atoms with van der Waals surface area (Å²) in [5.74, 6) is 0.0607. The van der Waals surface area contributed by atoms with E-state index < -0.39 is 5.41 Å². The van der Waals surface area contributed by atoms with Crippen LogP contribution in [0.5, 0.6) is 0 Å². The first-order valence-corrected chi connectivity index (χ1v) is 12.6. The number of carbonyl (C=O) groups excluding carboxylic acids is 2. The molecule has 0 radical (unpaired) electrons. The van der Waals surface area contributed by atoms with Crippen molar-refractivity contribution >= 4 is 11.8 Å². The van der Waals surface area contributed by atoms with E-state index in [0.717, 1.165) is 31.4 Å². The highest BCUT2D eigenvalue weighted by Crippen LogP contribution is 2.63. The van der Waals surface area contributed by atoms with Crippen LogP contribution in [0.1, 0.15) is 62.5 Å². The molecule has 5 heteroatoms. The van der Waals surface area contributed by atoms with Crippen molar-refractivity contribution in [1.82, 2.24) is 5.32 Å². The molecule has 0 amide bonds. The number of hydrogen-bond acceptors (Lipinski definition) is 5. The van der Waals surface area contributed by atoms with Crippen molar-refractivity contribution in [3.8, 4) is 0 Å². The third-order valence-electron chi connectivity index (χ3n) is 7.71. The van der Waals surface area contributed by atoms with Gasteiger partial charge < -0.3 is 14.8 Å². The number of nitrogens with one attached hydrogen (secondary N) is 1. The first-order valence-electron chi connectivity index (χ1n) is 12.6. The number of esters is 1. The lowest BCUT2D eigenvalue weighted by atomic mass is 9.88. The Morgan fingerprint density at radius 3 is 2.44 bits per heavy atom. The summed E-state index contributed by atoms with van der Waals surface area (Å²) in [5.41, 5.74) is 1.62. The highest BCUT2D eigenvalue weighted by atomic mass is 16.5. The molecule has 4 rings (SSSR count). The number of Topliss-reactive ketones (excluding diaryl/α,β-unsaturated/α-hetero) is 1. The summed E-state index contributed by atoms with van der Waals surface area (Å²) in [6.45, 7) is 3.24. The minimum absolute atomic E-state index is 0.0993. The van der Waals surface area contributed by atoms with Crippen molar-refractivity contribution in [3.63, 3.8) is 0 Å². The van der Waals surface area contributed by atoms with Gasteiger partial charge in [-0.15, -0.1) is 0 Å². The largest absolute Gasteiger partial charge is 0.460 e. The minimum atomic E-state index is -0.534. The maximum Gasteiger partial charge on any atom is 0.313 e. The minimum Gasteiger partial charge on any atom is -0.460 e. The van der Waals surface area contributed by atoms with Gasteiger partial charge in [-0.2, -0.15) is 0 Å². The number of ketones is 1. The second-order valence-corrected chi connectivity index (χ2v) is 9.90. The van der Waals surface area contributed by atoms with E-state index in [1.807, 2.05) is 55.5 Å². The van der Waals surface area contributed by atoms with Crippen LogP contribution < -0.4 is 5.32 Å². The number of ether oxygens (including phenoxy) is 2. The van der Waals surface area contributed by atoms with Gasteiger partial charge in [0, 0.05) is 31.4 Å². The lowest BCUT2D eigenvalue weighted by molar-refractivity contribution is -0.152. The summed E-state index contributed by atoms with van der Waals surface area (Å²) in [5, 5.41) is 3.46. The molecule has 0 spiro atoms. The van der Waals surface area contributed by atoms with Gasteiger partial charge in [0.15, 0.2) is 0 Å². The van der Waals surface area contributed by atoms with Crippen LogP contribution in [0.25, 0.3) is 0 Å². The Hall–Kier alpha value is -2.50. The Labute approximate surface area is 203 Å². The Kier molecular flexibility index (Phi) is 8.17. The normalized spacial score (nSPS) is 25.5. The average Bonchev–Trinajstić information content (AvgIpc) is 3.37. The first kappa shape index (κ1) is 24.6. The van der Waals surface area contributed by atoms with Gasteiger partial charge in [0.05, 0.1) is 11.5 Å². The maximum absolute atomic E-state index is 13.3. The summed E-state index contributed by atoms with van der Waals surface area (Å²) < 4.78 is 11.5. The molecule has 0 aromatic heterocycles. The second kappa shape index (κ2) is 11.3. The molecule has 1 saturated carbocycles. The zero-order valence-corrected chi connectivity index (χ0v) is 20.4. The van der Waals surface area contributed by atoms with Crippen LogP contribution in [-0.2, 0) is 25.7 Å². The van der Waals surface area contributed by atoms with Crippen LogP contribution in [-0.4, -0.2) is 37.6 Å². The highest BCUT2D eigenvalue weighted by molar-refractivity contribution is 5.83. The van der Waals surface area contributed by atoms with E-state index >= 15 is 0 Å². The fraction of sp³-hybridized carbons (Fsp3) is 0.517. The number of rotatable bonds is 12. The van der Waals surface area contributed by atoms with Crippen LogP contribution in [0.2, 0.25) is 0 Å². The van der Waals surface area contributed by atoms with Crippen LogP contribution in [0.3, 0.4) is 0 Å². The van der Waals surface area contributed by atoms with Crippen LogP contribution in [0.15, 0.2) is 60.7 Å². The monoisotopic (exact) mass is 463 g/mol. The Morgan fingerprint density at radius 1 is 1.09 bits per heavy atom. The number of methoxy groups -OCH3 is 1. The zero-order chi connectivity index (χ0) is 24.0. The maximum atomic E-state index is 13.3. The van der Waals surface area contributed by atoms with Crippen molar-refractivity contribution in [1.29, 1.82) is 0 Å². The molecule has 1 aliphatic carbocycles. The summed E-state index contributed by atoms with van der Waals surface area (Å²) in [6.07, 6.45) is 4.66. The van der Waals surface area contributed by atoms with E-state index in [0.29, 0.717) is 19.3 Å². The van der Waals surface area contributed by atoms with Crippen molar-refractivity contribution in [2.24, 2.45) is 11.3 Å². The van der Waals surface area contributed by atoms with Gasteiger partial charge in [-0.1, -0.05) is 67.6 Å². The Balaban J connectivity index is 1.37. The predicted molar refractivity (Wildman–Crippen MR) is 132 cm³/mol. The number of benzene rings is 2. The highest BCUT2D eigenvalue weighted by Gasteiger charge is 2.61. The van der Waals surface area contributed by atoms with Crippen LogP contribution in [0.4, 0.5) is 0 Å². The van der Waals surface area contributed by atoms with E-state index in [9.17, 15) is 9.59 Å². The Morgan fingerprint density at radius 2 is 1.79 bits per heavy atom. The van der Waals surface area contributed by atoms with Crippen LogP contribution >= 0.6 is 0 Å². The molecule has 5 nitrogen and oxygen atoms in total. The summed E-state index contributed by atoms with van der Waals surface area (Å²) in [7, 11) is 1.70. The van der Waals surface area contributed by atoms with Gasteiger partial charge in [0.2, 0.25) is 0 Å². The fourth-order valence-electron chi connectivity index (χ4n) is 5.60. The predicted octanol–water partition coefficient (Wildman–Crippen LogP) is 5.05. The SMILES string of the molecule is CO[C@@H]([C@@H]1CCCN1)[C@@H](C)C(=O)CCC[C@@]1(C(=O)OCc2ccccc2)C[C@@H]1c1ccccc1. The van der Waals surface area contributed by atoms with Crippen LogP contribution in [0, 0.1) is 11.3 Å². The molecule has 34 heavy (non-hydrogen) atoms. The molecule has 1 N–H and O–H groups in total. The summed E-state index contributed by atoms with van der Waals surface area (Å²) in [4.78, 5) is 26.3. The molecule has 2 fully saturated rings. The molecule has 1 saturated heterocycles. The van der Waals surface area contributed by atoms with E-state index in [-0.39, 0.29) is 42.3 Å². The fourth-order valence-corrected chi connectivity index (χ4v) is 5.60. The molecule has 182 valence electrons. The Bertz CT molecular complexity index is 941. The van der Waals surface area contributed by atoms with Crippen molar-refractivity contribution in [3.05, 3.63) is 71.8 Å². The van der Waals surface area contributed by atoms with Gasteiger partial charge in [-0.3, -0.25) is 9.59 Å². The van der Waals surface area contributed by atoms with Gasteiger partial charge in [-0.05, 0) is 49.8 Å². The van der Waals surface area contributed by atoms with Gasteiger partial charge in [0.25, 0.3) is 0 Å². The lowest BCUT2D eigenvalue weighted by Crippen LogP contribution is -2.43. The summed E-state index contributed by atoms with van der Waals surface area (Å²) >= 11 is 0. The molecule has 2 aromatic carbocycles. The molecule has 5 atom stereocenters. The molecular formula is C29H37NO4. The summed E-state index contributed by atoms with van der Waals surface area (Å²) in [6, 6.07) is 20.2. The van der Waals surface area contributed by atoms with Crippen molar-refractivity contribution in [2.45, 2.75) is 70.1 Å². The molecular weight excluding hydrogens is 426 g/mol. The van der Waals surface area contributed by atoms with E-state index in [4.69, 9.17) is 9.47 Å². The van der Waals surface area contributed by atoms with Crippen molar-refractivity contribution in [2.75, 3.05) is 13.7 Å². The third-order valence-corrected chi connectivity index (χ3v) is 7.71. The van der Waals surface area contributed by atoms with E-state index in [2.05, 4.69) is 17.4 Å². The lowest BCUT2D eigenvalue weighted by Gasteiger charge is -2.27. The van der Waals surface area contributed by atoms with Gasteiger partial charge in [0.1, 0.15) is 12.4 Å². The smallest absolute Gasteiger partial charge is 0.313 e. The standard InChI is InChI=1S/C29H37NO4/c1-21(27(33-2)25-15-10-18-30-25)26(31)16-9-17-29(19-24(29)23-13-7-4-8-14-23)28(32)34-20-22-11-5-3-6-12-22/h3-8,11-14,21,24-25,27,30H,9-10,15-20H2,1-2H3/t21-,24+,25-,27+,29+/m0/s1. The van der Waals surface area contributed by atoms with E-state index in [1.54, 1.807) is 7.11 Å². The van der Waals surface area contributed by atoms with E-state index in [1.165, 1.54) is 5.56 Å². The molecule has 1 heterocycles. The first-order chi connectivity index (χ1) is 16.5. The second-order valence-electron chi connectivity index (χ2n) is 9.90. The molecule has 0 bridgehead atoms. The topological polar surface area (TPSA) is 64.6 Å².